The molecule has 0 unspecified atom stereocenters. The SMILES string of the molecule is Cn1nc(-c2cc(Cl)cc(Br)c2)nc1SCC(=O)O. The van der Waals surface area contributed by atoms with Crippen LogP contribution in [0.3, 0.4) is 0 Å². The van der Waals surface area contributed by atoms with Gasteiger partial charge in [-0.15, -0.1) is 0 Å². The van der Waals surface area contributed by atoms with Crippen LogP contribution in [0, 0.1) is 0 Å². The minimum Gasteiger partial charge on any atom is -0.481 e. The molecule has 0 aliphatic rings. The van der Waals surface area contributed by atoms with Crippen molar-refractivity contribution in [2.24, 2.45) is 7.05 Å². The van der Waals surface area contributed by atoms with Crippen LogP contribution in [0.1, 0.15) is 0 Å². The topological polar surface area (TPSA) is 68.0 Å². The number of aliphatic carboxylic acids is 1. The molecule has 0 amide bonds. The number of aryl methyl sites for hydroxylation is 1. The number of thioether (sulfide) groups is 1. The molecule has 1 N–H and O–H groups in total. The number of benzene rings is 1. The number of halogens is 2. The lowest BCUT2D eigenvalue weighted by Crippen LogP contribution is -2.00. The minimum absolute atomic E-state index is 0.0504. The number of carboxylic acid groups (broad SMARTS) is 1. The zero-order valence-corrected chi connectivity index (χ0v) is 13.0. The summed E-state index contributed by atoms with van der Waals surface area (Å²) in [5.41, 5.74) is 0.775. The van der Waals surface area contributed by atoms with Crippen LogP contribution < -0.4 is 0 Å². The van der Waals surface area contributed by atoms with Crippen molar-refractivity contribution in [2.45, 2.75) is 5.16 Å². The van der Waals surface area contributed by atoms with Gasteiger partial charge in [0, 0.05) is 22.1 Å². The Morgan fingerprint density at radius 2 is 2.26 bits per heavy atom. The lowest BCUT2D eigenvalue weighted by molar-refractivity contribution is -0.133. The maximum Gasteiger partial charge on any atom is 0.313 e. The largest absolute Gasteiger partial charge is 0.481 e. The standard InChI is InChI=1S/C11H9BrClN3O2S/c1-16-11(19-5-9(17)18)14-10(15-16)6-2-7(12)4-8(13)3-6/h2-4H,5H2,1H3,(H,17,18). The highest BCUT2D eigenvalue weighted by Crippen LogP contribution is 2.27. The summed E-state index contributed by atoms with van der Waals surface area (Å²) in [4.78, 5) is 14.9. The Morgan fingerprint density at radius 1 is 1.53 bits per heavy atom. The van der Waals surface area contributed by atoms with Crippen molar-refractivity contribution in [3.05, 3.63) is 27.7 Å². The van der Waals surface area contributed by atoms with E-state index in [0.29, 0.717) is 16.0 Å². The van der Waals surface area contributed by atoms with E-state index >= 15 is 0 Å². The van der Waals surface area contributed by atoms with Gasteiger partial charge in [-0.2, -0.15) is 5.10 Å². The number of nitrogens with zero attached hydrogens (tertiary/aromatic N) is 3. The Bertz CT molecular complexity index is 612. The summed E-state index contributed by atoms with van der Waals surface area (Å²) in [5.74, 6) is -0.427. The molecule has 5 nitrogen and oxygen atoms in total. The number of rotatable bonds is 4. The molecule has 0 spiro atoms. The molecule has 0 bridgehead atoms. The summed E-state index contributed by atoms with van der Waals surface area (Å²) in [6, 6.07) is 5.38. The molecule has 0 fully saturated rings. The van der Waals surface area contributed by atoms with E-state index in [1.54, 1.807) is 23.9 Å². The summed E-state index contributed by atoms with van der Waals surface area (Å²) in [6.45, 7) is 0. The molecule has 0 aliphatic carbocycles. The van der Waals surface area contributed by atoms with Crippen LogP contribution in [-0.4, -0.2) is 31.6 Å². The Balaban J connectivity index is 2.30. The highest BCUT2D eigenvalue weighted by molar-refractivity contribution is 9.10. The number of hydrogen-bond donors (Lipinski definition) is 1. The summed E-state index contributed by atoms with van der Waals surface area (Å²) in [6.07, 6.45) is 0. The molecule has 2 aromatic rings. The van der Waals surface area contributed by atoms with Gasteiger partial charge in [0.2, 0.25) is 0 Å². The second-order valence-corrected chi connectivity index (χ2v) is 5.98. The third-order valence-electron chi connectivity index (χ3n) is 2.17. The molecule has 0 aliphatic heterocycles. The highest BCUT2D eigenvalue weighted by Gasteiger charge is 2.12. The van der Waals surface area contributed by atoms with E-state index in [-0.39, 0.29) is 5.75 Å². The van der Waals surface area contributed by atoms with E-state index < -0.39 is 5.97 Å². The Hall–Kier alpha value is -1.05. The maximum absolute atomic E-state index is 10.5. The second kappa shape index (κ2) is 5.94. The molecule has 8 heteroatoms. The van der Waals surface area contributed by atoms with Crippen molar-refractivity contribution in [1.82, 2.24) is 14.8 Å². The van der Waals surface area contributed by atoms with E-state index in [0.717, 1.165) is 21.8 Å². The number of carboxylic acids is 1. The molecule has 0 radical (unpaired) electrons. The van der Waals surface area contributed by atoms with Gasteiger partial charge in [0.15, 0.2) is 11.0 Å². The van der Waals surface area contributed by atoms with E-state index in [4.69, 9.17) is 16.7 Å². The van der Waals surface area contributed by atoms with Crippen LogP contribution in [0.5, 0.6) is 0 Å². The first-order chi connectivity index (χ1) is 8.95. The fourth-order valence-corrected chi connectivity index (χ4v) is 2.92. The van der Waals surface area contributed by atoms with Gasteiger partial charge in [0.25, 0.3) is 0 Å². The van der Waals surface area contributed by atoms with Gasteiger partial charge in [-0.05, 0) is 18.2 Å². The Labute approximate surface area is 127 Å². The molecule has 0 atom stereocenters. The fourth-order valence-electron chi connectivity index (χ4n) is 1.43. The van der Waals surface area contributed by atoms with Crippen LogP contribution >= 0.6 is 39.3 Å². The highest BCUT2D eigenvalue weighted by atomic mass is 79.9. The van der Waals surface area contributed by atoms with E-state index in [2.05, 4.69) is 26.0 Å². The van der Waals surface area contributed by atoms with Crippen LogP contribution in [0.15, 0.2) is 27.8 Å². The lowest BCUT2D eigenvalue weighted by atomic mass is 10.2. The molecule has 1 heterocycles. The molecule has 100 valence electrons. The maximum atomic E-state index is 10.5. The molecular weight excluding hydrogens is 354 g/mol. The van der Waals surface area contributed by atoms with E-state index in [9.17, 15) is 4.79 Å². The summed E-state index contributed by atoms with van der Waals surface area (Å²) < 4.78 is 2.39. The predicted molar refractivity (Wildman–Crippen MR) is 77.5 cm³/mol. The van der Waals surface area contributed by atoms with Gasteiger partial charge < -0.3 is 5.11 Å². The van der Waals surface area contributed by atoms with Crippen molar-refractivity contribution < 1.29 is 9.90 Å². The van der Waals surface area contributed by atoms with Gasteiger partial charge in [-0.3, -0.25) is 4.79 Å². The molecule has 1 aromatic heterocycles. The van der Waals surface area contributed by atoms with Crippen LogP contribution in [0.2, 0.25) is 5.02 Å². The molecule has 0 saturated heterocycles. The third kappa shape index (κ3) is 3.71. The Kier molecular flexibility index (Phi) is 4.49. The van der Waals surface area contributed by atoms with Crippen LogP contribution in [-0.2, 0) is 11.8 Å². The average Bonchev–Trinajstić information content (AvgIpc) is 2.67. The Morgan fingerprint density at radius 3 is 2.89 bits per heavy atom. The molecular formula is C11H9BrClN3O2S. The number of aromatic nitrogens is 3. The monoisotopic (exact) mass is 361 g/mol. The van der Waals surface area contributed by atoms with Gasteiger partial charge in [-0.1, -0.05) is 39.3 Å². The van der Waals surface area contributed by atoms with Gasteiger partial charge >= 0.3 is 5.97 Å². The number of carbonyl (C=O) groups is 1. The van der Waals surface area contributed by atoms with Crippen LogP contribution in [0.25, 0.3) is 11.4 Å². The van der Waals surface area contributed by atoms with Crippen molar-refractivity contribution in [3.8, 4) is 11.4 Å². The van der Waals surface area contributed by atoms with Gasteiger partial charge in [-0.25, -0.2) is 9.67 Å². The zero-order valence-electron chi connectivity index (χ0n) is 9.80. The smallest absolute Gasteiger partial charge is 0.313 e. The zero-order chi connectivity index (χ0) is 14.0. The summed E-state index contributed by atoms with van der Waals surface area (Å²) in [5, 5.41) is 14.0. The van der Waals surface area contributed by atoms with Crippen molar-refractivity contribution in [3.63, 3.8) is 0 Å². The van der Waals surface area contributed by atoms with Crippen molar-refractivity contribution in [1.29, 1.82) is 0 Å². The molecule has 19 heavy (non-hydrogen) atoms. The third-order valence-corrected chi connectivity index (χ3v) is 3.85. The normalized spacial score (nSPS) is 10.7. The summed E-state index contributed by atoms with van der Waals surface area (Å²) >= 11 is 10.5. The molecule has 1 aromatic carbocycles. The van der Waals surface area contributed by atoms with E-state index in [1.807, 2.05) is 6.07 Å². The quantitative estimate of drug-likeness (QED) is 0.847. The first-order valence-corrected chi connectivity index (χ1v) is 7.33. The number of hydrogen-bond acceptors (Lipinski definition) is 4. The molecule has 2 rings (SSSR count). The van der Waals surface area contributed by atoms with E-state index in [1.165, 1.54) is 0 Å². The van der Waals surface area contributed by atoms with Crippen molar-refractivity contribution in [2.75, 3.05) is 5.75 Å². The summed E-state index contributed by atoms with van der Waals surface area (Å²) in [7, 11) is 1.72. The first-order valence-electron chi connectivity index (χ1n) is 5.18. The minimum atomic E-state index is -0.889. The second-order valence-electron chi connectivity index (χ2n) is 3.68. The average molecular weight is 363 g/mol. The predicted octanol–water partition coefficient (Wildman–Crippen LogP) is 3.07. The van der Waals surface area contributed by atoms with Crippen LogP contribution in [0.4, 0.5) is 0 Å². The molecule has 0 saturated carbocycles. The lowest BCUT2D eigenvalue weighted by Gasteiger charge is -1.97. The van der Waals surface area contributed by atoms with Gasteiger partial charge in [0.1, 0.15) is 0 Å². The van der Waals surface area contributed by atoms with Gasteiger partial charge in [0.05, 0.1) is 5.75 Å². The first kappa shape index (κ1) is 14.4. The fraction of sp³-hybridized carbons (Fsp3) is 0.182. The van der Waals surface area contributed by atoms with Crippen molar-refractivity contribution >= 4 is 45.3 Å².